The first-order valence-corrected chi connectivity index (χ1v) is 3.40. The molecule has 0 saturated heterocycles. The Bertz CT molecular complexity index is 102. The zero-order valence-corrected chi connectivity index (χ0v) is 6.67. The van der Waals surface area contributed by atoms with Crippen LogP contribution in [0.4, 0.5) is 0 Å². The molecule has 0 radical (unpaired) electrons. The summed E-state index contributed by atoms with van der Waals surface area (Å²) in [7, 11) is 0. The van der Waals surface area contributed by atoms with Crippen molar-refractivity contribution < 1.29 is 19.8 Å². The van der Waals surface area contributed by atoms with Gasteiger partial charge in [0.2, 0.25) is 0 Å². The summed E-state index contributed by atoms with van der Waals surface area (Å²) in [6.45, 7) is 0.736. The standard InChI is InChI=1S/C2H6BrN.C2H2O4/c3-1-2-4;3-1(4)2(5)6/h1-2,4H2;(H,3,4)(H,5,6). The largest absolute Gasteiger partial charge is 0.473 e. The number of nitrogens with two attached hydrogens (primary N) is 1. The highest BCUT2D eigenvalue weighted by atomic mass is 79.9. The average molecular weight is 214 g/mol. The minimum Gasteiger partial charge on any atom is -0.473 e. The number of rotatable bonds is 1. The maximum Gasteiger partial charge on any atom is 0.414 e. The number of carboxylic acids is 2. The number of halogens is 1. The molecule has 5 nitrogen and oxygen atoms in total. The first-order valence-electron chi connectivity index (χ1n) is 2.28. The predicted octanol–water partition coefficient (Wildman–Crippen LogP) is -0.504. The molecule has 0 atom stereocenters. The van der Waals surface area contributed by atoms with Gasteiger partial charge in [-0.3, -0.25) is 0 Å². The average Bonchev–Trinajstić information content (AvgIpc) is 1.89. The van der Waals surface area contributed by atoms with E-state index < -0.39 is 11.9 Å². The summed E-state index contributed by atoms with van der Waals surface area (Å²) in [4.78, 5) is 18.2. The minimum absolute atomic E-state index is 0.736. The van der Waals surface area contributed by atoms with Crippen molar-refractivity contribution in [2.75, 3.05) is 11.9 Å². The molecule has 6 heteroatoms. The Labute approximate surface area is 66.0 Å². The SMILES string of the molecule is NCCBr.O=C(O)C(=O)O. The second-order valence-electron chi connectivity index (χ2n) is 1.09. The Morgan fingerprint density at radius 3 is 1.50 bits per heavy atom. The first-order chi connectivity index (χ1) is 4.56. The van der Waals surface area contributed by atoms with E-state index in [1.165, 1.54) is 0 Å². The number of hydrogen-bond acceptors (Lipinski definition) is 3. The van der Waals surface area contributed by atoms with Crippen LogP contribution in [0.1, 0.15) is 0 Å². The quantitative estimate of drug-likeness (QED) is 0.403. The van der Waals surface area contributed by atoms with Crippen LogP contribution >= 0.6 is 15.9 Å². The molecule has 0 aromatic heterocycles. The van der Waals surface area contributed by atoms with Gasteiger partial charge in [0.05, 0.1) is 0 Å². The molecule has 0 aliphatic carbocycles. The van der Waals surface area contributed by atoms with Gasteiger partial charge in [0.1, 0.15) is 0 Å². The molecule has 0 spiro atoms. The Morgan fingerprint density at radius 1 is 1.30 bits per heavy atom. The van der Waals surface area contributed by atoms with Crippen molar-refractivity contribution in [3.63, 3.8) is 0 Å². The van der Waals surface area contributed by atoms with Crippen LogP contribution in [0.15, 0.2) is 0 Å². The second kappa shape index (κ2) is 8.38. The van der Waals surface area contributed by atoms with E-state index in [-0.39, 0.29) is 0 Å². The second-order valence-corrected chi connectivity index (χ2v) is 1.88. The van der Waals surface area contributed by atoms with E-state index in [0.717, 1.165) is 11.9 Å². The highest BCUT2D eigenvalue weighted by Gasteiger charge is 2.04. The van der Waals surface area contributed by atoms with Crippen molar-refractivity contribution in [1.29, 1.82) is 0 Å². The number of carbonyl (C=O) groups is 2. The van der Waals surface area contributed by atoms with E-state index in [2.05, 4.69) is 15.9 Å². The smallest absolute Gasteiger partial charge is 0.414 e. The maximum atomic E-state index is 9.10. The normalized spacial score (nSPS) is 7.40. The summed E-state index contributed by atoms with van der Waals surface area (Å²) in [5, 5.41) is 15.7. The van der Waals surface area contributed by atoms with Crippen molar-refractivity contribution in [3.8, 4) is 0 Å². The van der Waals surface area contributed by atoms with E-state index in [1.54, 1.807) is 0 Å². The van der Waals surface area contributed by atoms with Gasteiger partial charge >= 0.3 is 11.9 Å². The highest BCUT2D eigenvalue weighted by Crippen LogP contribution is 1.67. The van der Waals surface area contributed by atoms with Gasteiger partial charge in [-0.2, -0.15) is 0 Å². The molecular formula is C4H8BrNO4. The summed E-state index contributed by atoms with van der Waals surface area (Å²) in [5.41, 5.74) is 4.98. The zero-order chi connectivity index (χ0) is 8.57. The lowest BCUT2D eigenvalue weighted by atomic mass is 10.7. The lowest BCUT2D eigenvalue weighted by Crippen LogP contribution is -2.09. The van der Waals surface area contributed by atoms with E-state index in [0.29, 0.717) is 0 Å². The van der Waals surface area contributed by atoms with E-state index in [1.807, 2.05) is 0 Å². The monoisotopic (exact) mass is 213 g/mol. The summed E-state index contributed by atoms with van der Waals surface area (Å²) < 4.78 is 0. The molecule has 0 aliphatic heterocycles. The van der Waals surface area contributed by atoms with Gasteiger partial charge in [-0.05, 0) is 0 Å². The highest BCUT2D eigenvalue weighted by molar-refractivity contribution is 9.09. The molecule has 0 rings (SSSR count). The van der Waals surface area contributed by atoms with Gasteiger partial charge < -0.3 is 15.9 Å². The van der Waals surface area contributed by atoms with E-state index >= 15 is 0 Å². The van der Waals surface area contributed by atoms with Gasteiger partial charge in [-0.1, -0.05) is 15.9 Å². The van der Waals surface area contributed by atoms with Gasteiger partial charge in [0, 0.05) is 11.9 Å². The topological polar surface area (TPSA) is 101 Å². The molecule has 60 valence electrons. The van der Waals surface area contributed by atoms with Crippen LogP contribution in [-0.2, 0) is 9.59 Å². The Hall–Kier alpha value is -0.620. The predicted molar refractivity (Wildman–Crippen MR) is 38.1 cm³/mol. The maximum absolute atomic E-state index is 9.10. The molecule has 0 saturated carbocycles. The van der Waals surface area contributed by atoms with Gasteiger partial charge in [0.15, 0.2) is 0 Å². The number of alkyl halides is 1. The molecule has 0 aromatic rings. The zero-order valence-electron chi connectivity index (χ0n) is 5.08. The lowest BCUT2D eigenvalue weighted by molar-refractivity contribution is -0.159. The van der Waals surface area contributed by atoms with Crippen LogP contribution in [0.3, 0.4) is 0 Å². The van der Waals surface area contributed by atoms with Crippen molar-refractivity contribution in [1.82, 2.24) is 0 Å². The Kier molecular flexibility index (Phi) is 10.1. The van der Waals surface area contributed by atoms with Crippen LogP contribution in [0, 0.1) is 0 Å². The van der Waals surface area contributed by atoms with Crippen molar-refractivity contribution in [2.24, 2.45) is 5.73 Å². The molecule has 0 amide bonds. The molecule has 0 aromatic carbocycles. The van der Waals surface area contributed by atoms with Gasteiger partial charge in [-0.25, -0.2) is 9.59 Å². The molecule has 0 unspecified atom stereocenters. The molecule has 0 fully saturated rings. The summed E-state index contributed by atoms with van der Waals surface area (Å²) >= 11 is 3.12. The molecular weight excluding hydrogens is 206 g/mol. The molecule has 0 heterocycles. The number of hydrogen-bond donors (Lipinski definition) is 3. The fourth-order valence-electron chi connectivity index (χ4n) is 0. The van der Waals surface area contributed by atoms with Crippen LogP contribution in [-0.4, -0.2) is 34.0 Å². The van der Waals surface area contributed by atoms with Gasteiger partial charge in [-0.15, -0.1) is 0 Å². The molecule has 4 N–H and O–H groups in total. The van der Waals surface area contributed by atoms with Crippen LogP contribution in [0.25, 0.3) is 0 Å². The minimum atomic E-state index is -1.82. The van der Waals surface area contributed by atoms with E-state index in [4.69, 9.17) is 25.5 Å². The Balaban J connectivity index is 0. The van der Waals surface area contributed by atoms with Gasteiger partial charge in [0.25, 0.3) is 0 Å². The number of aliphatic carboxylic acids is 2. The van der Waals surface area contributed by atoms with E-state index in [9.17, 15) is 0 Å². The summed E-state index contributed by atoms with van der Waals surface area (Å²) in [6, 6.07) is 0. The first kappa shape index (κ1) is 12.1. The molecule has 0 aliphatic rings. The van der Waals surface area contributed by atoms with Crippen molar-refractivity contribution in [3.05, 3.63) is 0 Å². The third-order valence-electron chi connectivity index (χ3n) is 0.292. The van der Waals surface area contributed by atoms with Crippen molar-refractivity contribution in [2.45, 2.75) is 0 Å². The fourth-order valence-corrected chi connectivity index (χ4v) is 0. The summed E-state index contributed by atoms with van der Waals surface area (Å²) in [6.07, 6.45) is 0. The molecule has 0 bridgehead atoms. The Morgan fingerprint density at radius 2 is 1.50 bits per heavy atom. The summed E-state index contributed by atoms with van der Waals surface area (Å²) in [5.74, 6) is -3.65. The van der Waals surface area contributed by atoms with Crippen LogP contribution in [0.5, 0.6) is 0 Å². The molecule has 10 heavy (non-hydrogen) atoms. The van der Waals surface area contributed by atoms with Crippen LogP contribution < -0.4 is 5.73 Å². The third kappa shape index (κ3) is 15.7. The van der Waals surface area contributed by atoms with Crippen molar-refractivity contribution >= 4 is 27.9 Å². The lowest BCUT2D eigenvalue weighted by Gasteiger charge is -1.72. The third-order valence-corrected chi connectivity index (χ3v) is 0.750. The van der Waals surface area contributed by atoms with Crippen LogP contribution in [0.2, 0.25) is 0 Å². The fraction of sp³-hybridized carbons (Fsp3) is 0.500. The number of carboxylic acid groups (broad SMARTS) is 2.